The Bertz CT molecular complexity index is 1230. The second-order valence-electron chi connectivity index (χ2n) is 6.94. The first kappa shape index (κ1) is 23.5. The van der Waals surface area contributed by atoms with E-state index < -0.39 is 29.4 Å². The lowest BCUT2D eigenvalue weighted by Crippen LogP contribution is -2.02. The van der Waals surface area contributed by atoms with Crippen LogP contribution in [0.15, 0.2) is 79.9 Å². The normalized spacial score (nSPS) is 10.4. The van der Waals surface area contributed by atoms with Gasteiger partial charge in [-0.15, -0.1) is 0 Å². The van der Waals surface area contributed by atoms with Crippen molar-refractivity contribution in [3.05, 3.63) is 108 Å². The molecule has 0 fully saturated rings. The maximum atomic E-state index is 14.8. The zero-order valence-corrected chi connectivity index (χ0v) is 17.4. The summed E-state index contributed by atoms with van der Waals surface area (Å²) in [7, 11) is 0. The minimum absolute atomic E-state index is 0.121. The first-order valence-corrected chi connectivity index (χ1v) is 9.78. The van der Waals surface area contributed by atoms with Gasteiger partial charge < -0.3 is 9.47 Å². The molecule has 0 saturated carbocycles. The van der Waals surface area contributed by atoms with Crippen molar-refractivity contribution in [1.82, 2.24) is 0 Å². The zero-order valence-electron chi connectivity index (χ0n) is 17.4. The topological polar surface area (TPSA) is 52.6 Å². The van der Waals surface area contributed by atoms with Crippen molar-refractivity contribution in [1.29, 1.82) is 0 Å². The summed E-state index contributed by atoms with van der Waals surface area (Å²) in [5.41, 5.74) is 1.40. The minimum atomic E-state index is -0.682. The van der Waals surface area contributed by atoms with E-state index in [1.54, 1.807) is 6.07 Å². The van der Waals surface area contributed by atoms with Crippen LogP contribution in [0.4, 0.5) is 13.2 Å². The number of benzene rings is 3. The Morgan fingerprint density at radius 2 is 1.21 bits per heavy atom. The molecule has 7 heteroatoms. The molecule has 0 spiro atoms. The van der Waals surface area contributed by atoms with Crippen LogP contribution in [-0.2, 0) is 32.3 Å². The van der Waals surface area contributed by atoms with Crippen LogP contribution >= 0.6 is 0 Å². The van der Waals surface area contributed by atoms with Crippen LogP contribution < -0.4 is 0 Å². The number of rotatable bonds is 8. The predicted molar refractivity (Wildman–Crippen MR) is 117 cm³/mol. The van der Waals surface area contributed by atoms with E-state index in [1.807, 2.05) is 0 Å². The fourth-order valence-corrected chi connectivity index (χ4v) is 3.05. The van der Waals surface area contributed by atoms with Crippen molar-refractivity contribution in [3.8, 4) is 22.3 Å². The smallest absolute Gasteiger partial charge is 0.330 e. The number of esters is 2. The molecular weight excluding hydrogens is 433 g/mol. The van der Waals surface area contributed by atoms with Gasteiger partial charge in [0.1, 0.15) is 30.7 Å². The highest BCUT2D eigenvalue weighted by Crippen LogP contribution is 2.31. The summed E-state index contributed by atoms with van der Waals surface area (Å²) in [6.45, 7) is 6.14. The fraction of sp³-hybridized carbons (Fsp3) is 0.0769. The minimum Gasteiger partial charge on any atom is -0.458 e. The number of hydrogen-bond acceptors (Lipinski definition) is 4. The molecule has 0 aliphatic carbocycles. The molecule has 0 aliphatic rings. The van der Waals surface area contributed by atoms with Crippen molar-refractivity contribution in [2.75, 3.05) is 0 Å². The van der Waals surface area contributed by atoms with E-state index in [1.165, 1.54) is 36.4 Å². The molecule has 3 aromatic rings. The molecule has 4 nitrogen and oxygen atoms in total. The highest BCUT2D eigenvalue weighted by Gasteiger charge is 2.13. The van der Waals surface area contributed by atoms with Gasteiger partial charge in [0, 0.05) is 28.8 Å². The predicted octanol–water partition coefficient (Wildman–Crippen LogP) is 5.90. The lowest BCUT2D eigenvalue weighted by molar-refractivity contribution is -0.139. The van der Waals surface area contributed by atoms with Crippen molar-refractivity contribution in [2.45, 2.75) is 13.2 Å². The largest absolute Gasteiger partial charge is 0.458 e. The third kappa shape index (κ3) is 5.77. The van der Waals surface area contributed by atoms with Gasteiger partial charge >= 0.3 is 11.9 Å². The van der Waals surface area contributed by atoms with Gasteiger partial charge in [-0.1, -0.05) is 49.6 Å². The van der Waals surface area contributed by atoms with Crippen LogP contribution in [-0.4, -0.2) is 11.9 Å². The van der Waals surface area contributed by atoms with Gasteiger partial charge in [0.05, 0.1) is 0 Å². The van der Waals surface area contributed by atoms with E-state index >= 15 is 0 Å². The Labute approximate surface area is 188 Å². The van der Waals surface area contributed by atoms with E-state index in [0.717, 1.165) is 24.3 Å². The van der Waals surface area contributed by atoms with E-state index in [-0.39, 0.29) is 41.0 Å². The molecule has 168 valence electrons. The van der Waals surface area contributed by atoms with Crippen LogP contribution in [0.5, 0.6) is 0 Å². The maximum absolute atomic E-state index is 14.8. The van der Waals surface area contributed by atoms with Crippen LogP contribution in [0, 0.1) is 17.5 Å². The Morgan fingerprint density at radius 1 is 0.697 bits per heavy atom. The Hall–Kier alpha value is -4.13. The highest BCUT2D eigenvalue weighted by atomic mass is 19.1. The fourth-order valence-electron chi connectivity index (χ4n) is 3.05. The van der Waals surface area contributed by atoms with Crippen LogP contribution in [0.3, 0.4) is 0 Å². The molecule has 0 N–H and O–H groups in total. The van der Waals surface area contributed by atoms with Gasteiger partial charge in [0.2, 0.25) is 0 Å². The maximum Gasteiger partial charge on any atom is 0.330 e. The lowest BCUT2D eigenvalue weighted by atomic mass is 9.98. The third-order valence-electron chi connectivity index (χ3n) is 4.76. The van der Waals surface area contributed by atoms with Crippen LogP contribution in [0.25, 0.3) is 22.3 Å². The average molecular weight is 452 g/mol. The van der Waals surface area contributed by atoms with Gasteiger partial charge in [0.15, 0.2) is 0 Å². The number of halogens is 3. The van der Waals surface area contributed by atoms with Crippen molar-refractivity contribution >= 4 is 11.9 Å². The second-order valence-corrected chi connectivity index (χ2v) is 6.94. The Balaban J connectivity index is 1.81. The molecule has 0 amide bonds. The molecule has 0 aliphatic heterocycles. The number of hydrogen-bond donors (Lipinski definition) is 0. The molecule has 3 aromatic carbocycles. The number of carbonyl (C=O) groups excluding carboxylic acids is 2. The van der Waals surface area contributed by atoms with Crippen LogP contribution in [0.1, 0.15) is 11.1 Å². The molecule has 0 aromatic heterocycles. The summed E-state index contributed by atoms with van der Waals surface area (Å²) in [6, 6.07) is 12.3. The third-order valence-corrected chi connectivity index (χ3v) is 4.76. The molecule has 3 rings (SSSR count). The summed E-state index contributed by atoms with van der Waals surface area (Å²) < 4.78 is 53.4. The van der Waals surface area contributed by atoms with Gasteiger partial charge in [-0.3, -0.25) is 0 Å². The van der Waals surface area contributed by atoms with Crippen molar-refractivity contribution < 1.29 is 32.2 Å². The van der Waals surface area contributed by atoms with Crippen LogP contribution in [0.2, 0.25) is 0 Å². The first-order valence-electron chi connectivity index (χ1n) is 9.78. The quantitative estimate of drug-likeness (QED) is 0.316. The van der Waals surface area contributed by atoms with Crippen molar-refractivity contribution in [2.24, 2.45) is 0 Å². The van der Waals surface area contributed by atoms with Gasteiger partial charge in [-0.2, -0.15) is 0 Å². The number of ether oxygens (including phenoxy) is 2. The molecule has 0 unspecified atom stereocenters. The molecule has 33 heavy (non-hydrogen) atoms. The summed E-state index contributed by atoms with van der Waals surface area (Å²) >= 11 is 0. The SMILES string of the molecule is C=CC(=O)OCc1ccc(-c2ccc(-c3ccc(COC(=O)C=C)c(F)c3)c(F)c2)c(F)c1. The molecule has 0 heterocycles. The summed E-state index contributed by atoms with van der Waals surface area (Å²) in [6.07, 6.45) is 1.98. The summed E-state index contributed by atoms with van der Waals surface area (Å²) in [5, 5.41) is 0. The number of carbonyl (C=O) groups is 2. The standard InChI is InChI=1S/C26H19F3O4/c1-3-25(30)32-14-16-5-9-20(23(28)11-16)18-8-10-21(24(29)13-18)17-6-7-19(22(27)12-17)15-33-26(31)4-2/h3-13H,1-2,14-15H2. The Morgan fingerprint density at radius 3 is 1.76 bits per heavy atom. The van der Waals surface area contributed by atoms with E-state index in [2.05, 4.69) is 13.2 Å². The molecular formula is C26H19F3O4. The average Bonchev–Trinajstić information content (AvgIpc) is 2.81. The van der Waals surface area contributed by atoms with Gasteiger partial charge in [-0.05, 0) is 34.9 Å². The Kier molecular flexibility index (Phi) is 7.46. The summed E-state index contributed by atoms with van der Waals surface area (Å²) in [4.78, 5) is 22.3. The second kappa shape index (κ2) is 10.5. The highest BCUT2D eigenvalue weighted by molar-refractivity contribution is 5.81. The van der Waals surface area contributed by atoms with Crippen molar-refractivity contribution in [3.63, 3.8) is 0 Å². The first-order chi connectivity index (χ1) is 15.8. The molecule has 0 radical (unpaired) electrons. The van der Waals surface area contributed by atoms with E-state index in [9.17, 15) is 22.8 Å². The monoisotopic (exact) mass is 452 g/mol. The molecule has 0 saturated heterocycles. The van der Waals surface area contributed by atoms with E-state index in [4.69, 9.17) is 9.47 Å². The van der Waals surface area contributed by atoms with Gasteiger partial charge in [0.25, 0.3) is 0 Å². The molecule has 0 atom stereocenters. The van der Waals surface area contributed by atoms with E-state index in [0.29, 0.717) is 5.56 Å². The molecule has 0 bridgehead atoms. The lowest BCUT2D eigenvalue weighted by Gasteiger charge is -2.11. The van der Waals surface area contributed by atoms with Gasteiger partial charge in [-0.25, -0.2) is 22.8 Å². The zero-order chi connectivity index (χ0) is 24.0. The summed E-state index contributed by atoms with van der Waals surface area (Å²) in [5.74, 6) is -3.25.